The highest BCUT2D eigenvalue weighted by atomic mass is 16.6. The fraction of sp³-hybridized carbons (Fsp3) is 0.643. The van der Waals surface area contributed by atoms with Crippen LogP contribution in [0.4, 0.5) is 0 Å². The molecule has 0 fully saturated rings. The van der Waals surface area contributed by atoms with Gasteiger partial charge in [-0.2, -0.15) is 5.10 Å². The number of ether oxygens (including phenoxy) is 1. The van der Waals surface area contributed by atoms with E-state index in [1.54, 1.807) is 17.8 Å². The number of hydrogen-bond donors (Lipinski definition) is 0. The topological polar surface area (TPSA) is 87.7 Å². The van der Waals surface area contributed by atoms with Gasteiger partial charge in [0.05, 0.1) is 6.20 Å². The minimum Gasteiger partial charge on any atom is -0.438 e. The molecular weight excluding hydrogens is 284 g/mol. The molecule has 2 heterocycles. The summed E-state index contributed by atoms with van der Waals surface area (Å²) >= 11 is 0. The molecule has 0 aliphatic rings. The van der Waals surface area contributed by atoms with Gasteiger partial charge in [-0.1, -0.05) is 27.7 Å². The largest absolute Gasteiger partial charge is 0.438 e. The van der Waals surface area contributed by atoms with Crippen molar-refractivity contribution < 1.29 is 9.53 Å². The molecule has 0 amide bonds. The Kier molecular flexibility index (Phi) is 4.89. The summed E-state index contributed by atoms with van der Waals surface area (Å²) in [7, 11) is 1.84. The Morgan fingerprint density at radius 1 is 1.36 bits per heavy atom. The van der Waals surface area contributed by atoms with Crippen molar-refractivity contribution in [3.8, 4) is 11.5 Å². The third kappa shape index (κ3) is 3.15. The van der Waals surface area contributed by atoms with Crippen LogP contribution in [0.3, 0.4) is 0 Å². The van der Waals surface area contributed by atoms with Gasteiger partial charge in [-0.3, -0.25) is 9.48 Å². The van der Waals surface area contributed by atoms with E-state index in [1.165, 1.54) is 4.80 Å². The molecule has 0 aliphatic carbocycles. The first-order valence-electron chi connectivity index (χ1n) is 7.48. The smallest absolute Gasteiger partial charge is 0.307 e. The van der Waals surface area contributed by atoms with Gasteiger partial charge >= 0.3 is 5.97 Å². The Morgan fingerprint density at radius 3 is 2.68 bits per heavy atom. The zero-order chi connectivity index (χ0) is 16.3. The van der Waals surface area contributed by atoms with Crippen LogP contribution in [0, 0.1) is 5.92 Å². The van der Waals surface area contributed by atoms with Gasteiger partial charge in [-0.25, -0.2) is 0 Å². The van der Waals surface area contributed by atoms with Crippen molar-refractivity contribution >= 4 is 5.97 Å². The number of nitrogens with zero attached hydrogens (tertiary/aromatic N) is 6. The van der Waals surface area contributed by atoms with Crippen molar-refractivity contribution in [1.82, 2.24) is 30.0 Å². The van der Waals surface area contributed by atoms with Crippen molar-refractivity contribution in [3.05, 3.63) is 11.8 Å². The van der Waals surface area contributed by atoms with E-state index in [1.807, 2.05) is 27.8 Å². The normalized spacial score (nSPS) is 12.6. The molecule has 0 radical (unpaired) electrons. The predicted octanol–water partition coefficient (Wildman–Crippen LogP) is 1.74. The molecule has 1 atom stereocenters. The third-order valence-electron chi connectivity index (χ3n) is 3.37. The minimum atomic E-state index is -0.563. The molecule has 1 unspecified atom stereocenters. The molecule has 0 N–H and O–H groups in total. The molecule has 0 aromatic carbocycles. The van der Waals surface area contributed by atoms with E-state index in [0.29, 0.717) is 12.2 Å². The monoisotopic (exact) mass is 306 g/mol. The summed E-state index contributed by atoms with van der Waals surface area (Å²) in [5.41, 5.74) is 1.88. The summed E-state index contributed by atoms with van der Waals surface area (Å²) in [5.74, 6) is 0.233. The van der Waals surface area contributed by atoms with Crippen LogP contribution >= 0.6 is 0 Å². The molecule has 8 nitrogen and oxygen atoms in total. The molecule has 120 valence electrons. The maximum atomic E-state index is 11.6. The summed E-state index contributed by atoms with van der Waals surface area (Å²) in [4.78, 5) is 12.9. The molecule has 0 spiro atoms. The number of hydrogen-bond acceptors (Lipinski definition) is 6. The van der Waals surface area contributed by atoms with Gasteiger partial charge in [0.15, 0.2) is 0 Å². The van der Waals surface area contributed by atoms with Gasteiger partial charge in [0, 0.05) is 24.9 Å². The Hall–Kier alpha value is -2.25. The number of rotatable bonds is 6. The molecule has 0 saturated heterocycles. The summed E-state index contributed by atoms with van der Waals surface area (Å²) in [5, 5.41) is 16.8. The first kappa shape index (κ1) is 16.1. The van der Waals surface area contributed by atoms with E-state index in [9.17, 15) is 4.79 Å². The molecule has 22 heavy (non-hydrogen) atoms. The van der Waals surface area contributed by atoms with Crippen molar-refractivity contribution in [3.63, 3.8) is 0 Å². The molecule has 2 aromatic rings. The van der Waals surface area contributed by atoms with Crippen molar-refractivity contribution in [2.75, 3.05) is 0 Å². The fourth-order valence-electron chi connectivity index (χ4n) is 2.13. The first-order chi connectivity index (χ1) is 10.5. The summed E-state index contributed by atoms with van der Waals surface area (Å²) < 4.78 is 7.13. The molecule has 0 aliphatic heterocycles. The number of carbonyl (C=O) groups is 1. The Bertz CT molecular complexity index is 646. The SMILES string of the molecule is CCC(=O)OC(C(C)C)n1nnc(-c2c(CC)cnn2C)n1. The summed E-state index contributed by atoms with van der Waals surface area (Å²) in [6.45, 7) is 7.68. The lowest BCUT2D eigenvalue weighted by molar-refractivity contribution is -0.159. The van der Waals surface area contributed by atoms with Gasteiger partial charge in [0.1, 0.15) is 5.69 Å². The molecule has 0 bridgehead atoms. The molecule has 8 heteroatoms. The zero-order valence-corrected chi connectivity index (χ0v) is 13.6. The second kappa shape index (κ2) is 6.67. The predicted molar refractivity (Wildman–Crippen MR) is 79.7 cm³/mol. The van der Waals surface area contributed by atoms with Crippen molar-refractivity contribution in [1.29, 1.82) is 0 Å². The van der Waals surface area contributed by atoms with Crippen LogP contribution in [0.15, 0.2) is 6.20 Å². The minimum absolute atomic E-state index is 0.0368. The van der Waals surface area contributed by atoms with E-state index in [-0.39, 0.29) is 11.9 Å². The third-order valence-corrected chi connectivity index (χ3v) is 3.37. The standard InChI is InChI=1S/C14H22N6O2/c1-6-10-8-15-19(5)12(10)13-16-18-20(17-13)14(9(3)4)22-11(21)7-2/h8-9,14H,6-7H2,1-5H3. The number of aryl methyl sites for hydroxylation is 2. The van der Waals surface area contributed by atoms with Crippen LogP contribution in [-0.2, 0) is 23.0 Å². The van der Waals surface area contributed by atoms with Gasteiger partial charge < -0.3 is 4.74 Å². The van der Waals surface area contributed by atoms with E-state index in [4.69, 9.17) is 4.74 Å². The van der Waals surface area contributed by atoms with Crippen LogP contribution in [0.25, 0.3) is 11.5 Å². The van der Waals surface area contributed by atoms with E-state index in [2.05, 4.69) is 20.5 Å². The number of carbonyl (C=O) groups excluding carboxylic acids is 1. The van der Waals surface area contributed by atoms with Crippen LogP contribution in [0.1, 0.15) is 45.9 Å². The van der Waals surface area contributed by atoms with Crippen LogP contribution in [0.5, 0.6) is 0 Å². The first-order valence-corrected chi connectivity index (χ1v) is 7.48. The van der Waals surface area contributed by atoms with E-state index >= 15 is 0 Å². The highest BCUT2D eigenvalue weighted by Crippen LogP contribution is 2.22. The second-order valence-corrected chi connectivity index (χ2v) is 5.41. The molecule has 2 rings (SSSR count). The number of esters is 1. The maximum absolute atomic E-state index is 11.6. The quantitative estimate of drug-likeness (QED) is 0.755. The Morgan fingerprint density at radius 2 is 2.09 bits per heavy atom. The van der Waals surface area contributed by atoms with E-state index in [0.717, 1.165) is 17.7 Å². The average molecular weight is 306 g/mol. The van der Waals surface area contributed by atoms with Crippen LogP contribution in [-0.4, -0.2) is 36.0 Å². The molecular formula is C14H22N6O2. The van der Waals surface area contributed by atoms with Crippen molar-refractivity contribution in [2.45, 2.75) is 46.8 Å². The Labute approximate surface area is 129 Å². The van der Waals surface area contributed by atoms with Crippen LogP contribution < -0.4 is 0 Å². The summed E-state index contributed by atoms with van der Waals surface area (Å²) in [6, 6.07) is 0. The van der Waals surface area contributed by atoms with Gasteiger partial charge in [0.2, 0.25) is 12.1 Å². The lowest BCUT2D eigenvalue weighted by Crippen LogP contribution is -2.24. The number of tetrazole rings is 1. The second-order valence-electron chi connectivity index (χ2n) is 5.41. The maximum Gasteiger partial charge on any atom is 0.307 e. The highest BCUT2D eigenvalue weighted by Gasteiger charge is 2.24. The van der Waals surface area contributed by atoms with Gasteiger partial charge in [0.25, 0.3) is 0 Å². The van der Waals surface area contributed by atoms with Gasteiger partial charge in [-0.05, 0) is 11.6 Å². The number of aromatic nitrogens is 6. The Balaban J connectivity index is 2.33. The van der Waals surface area contributed by atoms with E-state index < -0.39 is 6.23 Å². The molecule has 2 aromatic heterocycles. The van der Waals surface area contributed by atoms with Crippen LogP contribution in [0.2, 0.25) is 0 Å². The van der Waals surface area contributed by atoms with Crippen molar-refractivity contribution in [2.24, 2.45) is 13.0 Å². The summed E-state index contributed by atoms with van der Waals surface area (Å²) in [6.07, 6.45) is 2.38. The average Bonchev–Trinajstić information content (AvgIpc) is 3.10. The molecule has 0 saturated carbocycles. The lowest BCUT2D eigenvalue weighted by atomic mass is 10.2. The zero-order valence-electron chi connectivity index (χ0n) is 13.6. The highest BCUT2D eigenvalue weighted by molar-refractivity contribution is 5.68. The fourth-order valence-corrected chi connectivity index (χ4v) is 2.13. The lowest BCUT2D eigenvalue weighted by Gasteiger charge is -2.19. The van der Waals surface area contributed by atoms with Gasteiger partial charge in [-0.15, -0.1) is 15.0 Å².